The Bertz CT molecular complexity index is 239. The van der Waals surface area contributed by atoms with Crippen LogP contribution in [0.4, 0.5) is 5.69 Å². The lowest BCUT2D eigenvalue weighted by Crippen LogP contribution is -1.94. The third-order valence-corrected chi connectivity index (χ3v) is 1.42. The molecule has 54 valence electrons. The molecule has 3 nitrogen and oxygen atoms in total. The van der Waals surface area contributed by atoms with E-state index >= 15 is 0 Å². The number of methoxy groups -OCH3 is 1. The number of halogens is 1. The van der Waals surface area contributed by atoms with Crippen molar-refractivity contribution in [2.75, 3.05) is 12.8 Å². The number of hydrogen-bond acceptors (Lipinski definition) is 3. The standard InChI is InChI=1S/C6H7ClN2O/c1-10-6-5(8)4(7)2-3-9-6/h2-3H,8H2,1H3. The molecule has 0 aliphatic carbocycles. The van der Waals surface area contributed by atoms with Crippen molar-refractivity contribution in [3.05, 3.63) is 17.3 Å². The van der Waals surface area contributed by atoms with Gasteiger partial charge in [-0.25, -0.2) is 4.98 Å². The number of pyridine rings is 1. The van der Waals surface area contributed by atoms with Crippen molar-refractivity contribution in [2.45, 2.75) is 0 Å². The maximum atomic E-state index is 5.65. The van der Waals surface area contributed by atoms with E-state index in [9.17, 15) is 0 Å². The van der Waals surface area contributed by atoms with Gasteiger partial charge in [-0.3, -0.25) is 0 Å². The molecule has 10 heavy (non-hydrogen) atoms. The molecular weight excluding hydrogens is 152 g/mol. The third-order valence-electron chi connectivity index (χ3n) is 1.09. The van der Waals surface area contributed by atoms with E-state index in [0.29, 0.717) is 16.6 Å². The third kappa shape index (κ3) is 1.14. The smallest absolute Gasteiger partial charge is 0.238 e. The summed E-state index contributed by atoms with van der Waals surface area (Å²) in [4.78, 5) is 3.83. The van der Waals surface area contributed by atoms with Crippen LogP contribution in [0.5, 0.6) is 5.88 Å². The second-order valence-electron chi connectivity index (χ2n) is 1.72. The molecule has 0 saturated carbocycles. The zero-order valence-electron chi connectivity index (χ0n) is 5.47. The van der Waals surface area contributed by atoms with Crippen LogP contribution < -0.4 is 10.5 Å². The number of aromatic nitrogens is 1. The average Bonchev–Trinajstić information content (AvgIpc) is 1.95. The first kappa shape index (κ1) is 7.15. The summed E-state index contributed by atoms with van der Waals surface area (Å²) in [5.41, 5.74) is 5.85. The van der Waals surface area contributed by atoms with Crippen LogP contribution in [0.1, 0.15) is 0 Å². The van der Waals surface area contributed by atoms with Crippen LogP contribution in [-0.4, -0.2) is 12.1 Å². The van der Waals surface area contributed by atoms with E-state index in [1.165, 1.54) is 13.3 Å². The molecule has 0 spiro atoms. The molecule has 1 aromatic rings. The Kier molecular flexibility index (Phi) is 1.97. The molecule has 1 heterocycles. The normalized spacial score (nSPS) is 9.40. The Labute approximate surface area is 63.8 Å². The van der Waals surface area contributed by atoms with Crippen molar-refractivity contribution in [1.82, 2.24) is 4.98 Å². The number of anilines is 1. The molecule has 0 bridgehead atoms. The lowest BCUT2D eigenvalue weighted by atomic mass is 10.4. The highest BCUT2D eigenvalue weighted by Crippen LogP contribution is 2.25. The zero-order valence-corrected chi connectivity index (χ0v) is 6.22. The first-order chi connectivity index (χ1) is 4.75. The van der Waals surface area contributed by atoms with Gasteiger partial charge in [0.1, 0.15) is 5.69 Å². The predicted octanol–water partition coefficient (Wildman–Crippen LogP) is 1.33. The molecule has 0 unspecified atom stereocenters. The van der Waals surface area contributed by atoms with E-state index in [1.54, 1.807) is 6.07 Å². The quantitative estimate of drug-likeness (QED) is 0.671. The summed E-state index contributed by atoms with van der Waals surface area (Å²) >= 11 is 5.65. The van der Waals surface area contributed by atoms with Crippen molar-refractivity contribution in [3.8, 4) is 5.88 Å². The molecule has 0 aliphatic rings. The van der Waals surface area contributed by atoms with Crippen molar-refractivity contribution in [3.63, 3.8) is 0 Å². The molecule has 0 saturated heterocycles. The molecule has 0 aromatic carbocycles. The van der Waals surface area contributed by atoms with Crippen molar-refractivity contribution < 1.29 is 4.74 Å². The largest absolute Gasteiger partial charge is 0.479 e. The summed E-state index contributed by atoms with van der Waals surface area (Å²) in [6, 6.07) is 1.61. The summed E-state index contributed by atoms with van der Waals surface area (Å²) in [5, 5.41) is 0.465. The number of nitrogen functional groups attached to an aromatic ring is 1. The zero-order chi connectivity index (χ0) is 7.56. The molecular formula is C6H7ClN2O. The van der Waals surface area contributed by atoms with Gasteiger partial charge in [-0.05, 0) is 6.07 Å². The average molecular weight is 159 g/mol. The number of nitrogens with zero attached hydrogens (tertiary/aromatic N) is 1. The van der Waals surface area contributed by atoms with Crippen LogP contribution in [0.2, 0.25) is 5.02 Å². The summed E-state index contributed by atoms with van der Waals surface area (Å²) in [5.74, 6) is 0.368. The van der Waals surface area contributed by atoms with Crippen LogP contribution in [0.15, 0.2) is 12.3 Å². The topological polar surface area (TPSA) is 48.1 Å². The van der Waals surface area contributed by atoms with Crippen LogP contribution >= 0.6 is 11.6 Å². The molecule has 0 atom stereocenters. The van der Waals surface area contributed by atoms with E-state index < -0.39 is 0 Å². The molecule has 0 aliphatic heterocycles. The predicted molar refractivity (Wildman–Crippen MR) is 40.2 cm³/mol. The van der Waals surface area contributed by atoms with E-state index in [4.69, 9.17) is 22.1 Å². The second kappa shape index (κ2) is 2.75. The summed E-state index contributed by atoms with van der Waals surface area (Å²) in [6.07, 6.45) is 1.54. The fourth-order valence-corrected chi connectivity index (χ4v) is 0.732. The minimum atomic E-state index is 0.368. The van der Waals surface area contributed by atoms with Gasteiger partial charge in [0, 0.05) is 6.20 Å². The molecule has 1 rings (SSSR count). The number of rotatable bonds is 1. The minimum Gasteiger partial charge on any atom is -0.479 e. The summed E-state index contributed by atoms with van der Waals surface area (Å²) < 4.78 is 4.81. The van der Waals surface area contributed by atoms with Gasteiger partial charge in [-0.2, -0.15) is 0 Å². The Morgan fingerprint density at radius 1 is 1.70 bits per heavy atom. The lowest BCUT2D eigenvalue weighted by molar-refractivity contribution is 0.400. The van der Waals surface area contributed by atoms with Gasteiger partial charge in [0.15, 0.2) is 0 Å². The Morgan fingerprint density at radius 3 is 2.90 bits per heavy atom. The number of ether oxygens (including phenoxy) is 1. The van der Waals surface area contributed by atoms with E-state index in [0.717, 1.165) is 0 Å². The molecule has 4 heteroatoms. The van der Waals surface area contributed by atoms with Crippen LogP contribution in [0.25, 0.3) is 0 Å². The second-order valence-corrected chi connectivity index (χ2v) is 2.12. The molecule has 1 aromatic heterocycles. The van der Waals surface area contributed by atoms with Gasteiger partial charge in [-0.1, -0.05) is 11.6 Å². The summed E-state index contributed by atoms with van der Waals surface area (Å²) in [6.45, 7) is 0. The van der Waals surface area contributed by atoms with E-state index in [-0.39, 0.29) is 0 Å². The van der Waals surface area contributed by atoms with E-state index in [1.807, 2.05) is 0 Å². The van der Waals surface area contributed by atoms with Crippen LogP contribution in [0.3, 0.4) is 0 Å². The highest BCUT2D eigenvalue weighted by Gasteiger charge is 2.02. The van der Waals surface area contributed by atoms with Gasteiger partial charge in [0.2, 0.25) is 5.88 Å². The Hall–Kier alpha value is -0.960. The molecule has 2 N–H and O–H groups in total. The molecule has 0 radical (unpaired) electrons. The van der Waals surface area contributed by atoms with Crippen LogP contribution in [-0.2, 0) is 0 Å². The van der Waals surface area contributed by atoms with Gasteiger partial charge in [0.25, 0.3) is 0 Å². The number of hydrogen-bond donors (Lipinski definition) is 1. The fraction of sp³-hybridized carbons (Fsp3) is 0.167. The number of nitrogens with two attached hydrogens (primary N) is 1. The Balaban J connectivity index is 3.14. The SMILES string of the molecule is COc1nccc(Cl)c1N. The molecule has 0 fully saturated rings. The minimum absolute atomic E-state index is 0.368. The maximum absolute atomic E-state index is 5.65. The lowest BCUT2D eigenvalue weighted by Gasteiger charge is -2.02. The molecule has 0 amide bonds. The van der Waals surface area contributed by atoms with Gasteiger partial charge in [0.05, 0.1) is 12.1 Å². The first-order valence-electron chi connectivity index (χ1n) is 2.69. The van der Waals surface area contributed by atoms with Crippen molar-refractivity contribution in [2.24, 2.45) is 0 Å². The summed E-state index contributed by atoms with van der Waals surface area (Å²) in [7, 11) is 1.50. The van der Waals surface area contributed by atoms with Crippen molar-refractivity contribution in [1.29, 1.82) is 0 Å². The maximum Gasteiger partial charge on any atom is 0.238 e. The van der Waals surface area contributed by atoms with Gasteiger partial charge < -0.3 is 10.5 Å². The fourth-order valence-electron chi connectivity index (χ4n) is 0.595. The van der Waals surface area contributed by atoms with Crippen LogP contribution in [0, 0.1) is 0 Å². The highest BCUT2D eigenvalue weighted by atomic mass is 35.5. The Morgan fingerprint density at radius 2 is 2.40 bits per heavy atom. The first-order valence-corrected chi connectivity index (χ1v) is 3.07. The van der Waals surface area contributed by atoms with E-state index in [2.05, 4.69) is 4.98 Å². The monoisotopic (exact) mass is 158 g/mol. The van der Waals surface area contributed by atoms with Crippen molar-refractivity contribution >= 4 is 17.3 Å². The van der Waals surface area contributed by atoms with Gasteiger partial charge in [-0.15, -0.1) is 0 Å². The van der Waals surface area contributed by atoms with Gasteiger partial charge >= 0.3 is 0 Å². The highest BCUT2D eigenvalue weighted by molar-refractivity contribution is 6.33.